The molecule has 1 aliphatic rings. The van der Waals surface area contributed by atoms with E-state index in [-0.39, 0.29) is 18.5 Å². The molecule has 6 heteroatoms. The number of carbonyl (C=O) groups is 2. The number of aliphatic carboxylic acids is 1. The Kier molecular flexibility index (Phi) is 5.55. The van der Waals surface area contributed by atoms with E-state index >= 15 is 0 Å². The van der Waals surface area contributed by atoms with Crippen LogP contribution in [0.25, 0.3) is 0 Å². The van der Waals surface area contributed by atoms with Crippen molar-refractivity contribution in [3.05, 3.63) is 0 Å². The summed E-state index contributed by atoms with van der Waals surface area (Å²) in [4.78, 5) is 26.5. The standard InChI is InChI=1S/C12H22N2O4/c1-4-13-5-6-18-10(7-13)12(17)14(9(2)3)8-11(15)16/h9-10H,4-8H2,1-3H3,(H,15,16). The van der Waals surface area contributed by atoms with Crippen molar-refractivity contribution < 1.29 is 19.4 Å². The molecule has 0 spiro atoms. The van der Waals surface area contributed by atoms with E-state index in [0.29, 0.717) is 13.2 Å². The van der Waals surface area contributed by atoms with Crippen molar-refractivity contribution in [3.63, 3.8) is 0 Å². The fourth-order valence-corrected chi connectivity index (χ4v) is 1.98. The van der Waals surface area contributed by atoms with Crippen molar-refractivity contribution in [2.75, 3.05) is 32.8 Å². The van der Waals surface area contributed by atoms with E-state index in [2.05, 4.69) is 4.90 Å². The van der Waals surface area contributed by atoms with Crippen LogP contribution >= 0.6 is 0 Å². The van der Waals surface area contributed by atoms with Crippen LogP contribution in [0.15, 0.2) is 0 Å². The van der Waals surface area contributed by atoms with Crippen LogP contribution in [-0.4, -0.2) is 71.7 Å². The molecule has 104 valence electrons. The van der Waals surface area contributed by atoms with Crippen LogP contribution in [0.4, 0.5) is 0 Å². The molecule has 0 bridgehead atoms. The Labute approximate surface area is 107 Å². The lowest BCUT2D eigenvalue weighted by molar-refractivity contribution is -0.156. The summed E-state index contributed by atoms with van der Waals surface area (Å²) >= 11 is 0. The second-order valence-electron chi connectivity index (χ2n) is 4.71. The lowest BCUT2D eigenvalue weighted by Crippen LogP contribution is -2.53. The van der Waals surface area contributed by atoms with Crippen LogP contribution in [0.2, 0.25) is 0 Å². The highest BCUT2D eigenvalue weighted by Gasteiger charge is 2.31. The molecule has 1 aliphatic heterocycles. The van der Waals surface area contributed by atoms with Crippen molar-refractivity contribution in [2.24, 2.45) is 0 Å². The van der Waals surface area contributed by atoms with Gasteiger partial charge in [0.1, 0.15) is 12.6 Å². The summed E-state index contributed by atoms with van der Waals surface area (Å²) in [5.41, 5.74) is 0. The number of rotatable bonds is 5. The van der Waals surface area contributed by atoms with Crippen LogP contribution in [0, 0.1) is 0 Å². The summed E-state index contributed by atoms with van der Waals surface area (Å²) in [5, 5.41) is 8.83. The van der Waals surface area contributed by atoms with E-state index in [4.69, 9.17) is 9.84 Å². The number of likely N-dealkylation sites (N-methyl/N-ethyl adjacent to an activating group) is 1. The van der Waals surface area contributed by atoms with E-state index < -0.39 is 12.1 Å². The smallest absolute Gasteiger partial charge is 0.323 e. The predicted octanol–water partition coefficient (Wildman–Crippen LogP) is 0.0287. The van der Waals surface area contributed by atoms with Gasteiger partial charge in [-0.05, 0) is 20.4 Å². The Morgan fingerprint density at radius 3 is 2.67 bits per heavy atom. The van der Waals surface area contributed by atoms with Gasteiger partial charge in [-0.25, -0.2) is 0 Å². The molecule has 0 saturated carbocycles. The van der Waals surface area contributed by atoms with Gasteiger partial charge in [0.05, 0.1) is 6.61 Å². The number of carbonyl (C=O) groups excluding carboxylic acids is 1. The van der Waals surface area contributed by atoms with Crippen LogP contribution in [-0.2, 0) is 14.3 Å². The highest BCUT2D eigenvalue weighted by molar-refractivity contribution is 5.85. The van der Waals surface area contributed by atoms with E-state index in [1.54, 1.807) is 13.8 Å². The molecule has 1 fully saturated rings. The molecule has 1 atom stereocenters. The Morgan fingerprint density at radius 1 is 1.50 bits per heavy atom. The molecular weight excluding hydrogens is 236 g/mol. The predicted molar refractivity (Wildman–Crippen MR) is 66.3 cm³/mol. The Morgan fingerprint density at radius 2 is 2.17 bits per heavy atom. The number of ether oxygens (including phenoxy) is 1. The zero-order valence-electron chi connectivity index (χ0n) is 11.3. The molecule has 1 heterocycles. The zero-order valence-corrected chi connectivity index (χ0v) is 11.3. The van der Waals surface area contributed by atoms with Gasteiger partial charge in [0.15, 0.2) is 0 Å². The summed E-state index contributed by atoms with van der Waals surface area (Å²) in [6, 6.07) is -0.144. The average molecular weight is 258 g/mol. The maximum absolute atomic E-state index is 12.2. The third-order valence-electron chi connectivity index (χ3n) is 3.09. The Balaban J connectivity index is 2.67. The first-order chi connectivity index (χ1) is 8.45. The molecule has 18 heavy (non-hydrogen) atoms. The Hall–Kier alpha value is -1.14. The summed E-state index contributed by atoms with van der Waals surface area (Å²) in [5.74, 6) is -1.23. The number of hydrogen-bond acceptors (Lipinski definition) is 4. The van der Waals surface area contributed by atoms with Crippen molar-refractivity contribution in [3.8, 4) is 0 Å². The minimum atomic E-state index is -1.000. The van der Waals surface area contributed by atoms with Crippen molar-refractivity contribution in [1.82, 2.24) is 9.80 Å². The molecule has 0 aromatic carbocycles. The van der Waals surface area contributed by atoms with Gasteiger partial charge < -0.3 is 14.7 Å². The van der Waals surface area contributed by atoms with Gasteiger partial charge in [0, 0.05) is 19.1 Å². The van der Waals surface area contributed by atoms with Gasteiger partial charge in [-0.3, -0.25) is 14.5 Å². The van der Waals surface area contributed by atoms with Gasteiger partial charge in [0.2, 0.25) is 0 Å². The maximum atomic E-state index is 12.2. The number of nitrogens with zero attached hydrogens (tertiary/aromatic N) is 2. The minimum absolute atomic E-state index is 0.144. The molecular formula is C12H22N2O4. The summed E-state index contributed by atoms with van der Waals surface area (Å²) in [7, 11) is 0. The Bertz CT molecular complexity index is 306. The minimum Gasteiger partial charge on any atom is -0.480 e. The molecule has 1 rings (SSSR count). The number of morpholine rings is 1. The first-order valence-corrected chi connectivity index (χ1v) is 6.32. The first-order valence-electron chi connectivity index (χ1n) is 6.32. The van der Waals surface area contributed by atoms with E-state index in [1.165, 1.54) is 4.90 Å². The van der Waals surface area contributed by atoms with Gasteiger partial charge in [0.25, 0.3) is 5.91 Å². The number of carboxylic acid groups (broad SMARTS) is 1. The van der Waals surface area contributed by atoms with Crippen molar-refractivity contribution >= 4 is 11.9 Å². The normalized spacial score (nSPS) is 21.0. The van der Waals surface area contributed by atoms with Crippen LogP contribution in [0.3, 0.4) is 0 Å². The van der Waals surface area contributed by atoms with Gasteiger partial charge in [-0.2, -0.15) is 0 Å². The average Bonchev–Trinajstić information content (AvgIpc) is 2.34. The molecule has 1 saturated heterocycles. The third-order valence-corrected chi connectivity index (χ3v) is 3.09. The SMILES string of the molecule is CCN1CCOC(C(=O)N(CC(=O)O)C(C)C)C1. The molecule has 1 unspecified atom stereocenters. The highest BCUT2D eigenvalue weighted by Crippen LogP contribution is 2.10. The molecule has 0 aliphatic carbocycles. The molecule has 1 amide bonds. The third kappa shape index (κ3) is 3.96. The second-order valence-corrected chi connectivity index (χ2v) is 4.71. The van der Waals surface area contributed by atoms with Gasteiger partial charge in [-0.15, -0.1) is 0 Å². The van der Waals surface area contributed by atoms with E-state index in [0.717, 1.165) is 13.1 Å². The fourth-order valence-electron chi connectivity index (χ4n) is 1.98. The fraction of sp³-hybridized carbons (Fsp3) is 0.833. The van der Waals surface area contributed by atoms with E-state index in [9.17, 15) is 9.59 Å². The summed E-state index contributed by atoms with van der Waals surface area (Å²) < 4.78 is 5.46. The number of hydrogen-bond donors (Lipinski definition) is 1. The van der Waals surface area contributed by atoms with Crippen molar-refractivity contribution in [1.29, 1.82) is 0 Å². The molecule has 0 aromatic heterocycles. The number of carboxylic acids is 1. The molecule has 0 radical (unpaired) electrons. The monoisotopic (exact) mass is 258 g/mol. The van der Waals surface area contributed by atoms with Crippen LogP contribution in [0.1, 0.15) is 20.8 Å². The van der Waals surface area contributed by atoms with Gasteiger partial charge in [-0.1, -0.05) is 6.92 Å². The molecule has 1 N–H and O–H groups in total. The largest absolute Gasteiger partial charge is 0.480 e. The summed E-state index contributed by atoms with van der Waals surface area (Å²) in [6.07, 6.45) is -0.541. The molecule has 0 aromatic rings. The van der Waals surface area contributed by atoms with Crippen LogP contribution < -0.4 is 0 Å². The number of amides is 1. The van der Waals surface area contributed by atoms with Gasteiger partial charge >= 0.3 is 5.97 Å². The lowest BCUT2D eigenvalue weighted by Gasteiger charge is -2.35. The first kappa shape index (κ1) is 14.9. The highest BCUT2D eigenvalue weighted by atomic mass is 16.5. The zero-order chi connectivity index (χ0) is 13.7. The maximum Gasteiger partial charge on any atom is 0.323 e. The summed E-state index contributed by atoms with van der Waals surface area (Å²) in [6.45, 7) is 8.12. The quantitative estimate of drug-likeness (QED) is 0.753. The van der Waals surface area contributed by atoms with Crippen molar-refractivity contribution in [2.45, 2.75) is 32.9 Å². The van der Waals surface area contributed by atoms with Crippen LogP contribution in [0.5, 0.6) is 0 Å². The van der Waals surface area contributed by atoms with E-state index in [1.807, 2.05) is 6.92 Å². The topological polar surface area (TPSA) is 70.1 Å². The second kappa shape index (κ2) is 6.70. The molecule has 6 nitrogen and oxygen atoms in total. The lowest BCUT2D eigenvalue weighted by atomic mass is 10.2.